The zero-order chi connectivity index (χ0) is 15.7. The Labute approximate surface area is 136 Å². The highest BCUT2D eigenvalue weighted by molar-refractivity contribution is 8.18. The van der Waals surface area contributed by atoms with Crippen molar-refractivity contribution in [2.75, 3.05) is 13.4 Å². The van der Waals surface area contributed by atoms with Gasteiger partial charge in [-0.15, -0.1) is 0 Å². The smallest absolute Gasteiger partial charge is 0.283 e. The highest BCUT2D eigenvalue weighted by atomic mass is 32.2. The van der Waals surface area contributed by atoms with E-state index in [1.807, 2.05) is 18.4 Å². The molecule has 3 rings (SSSR count). The lowest BCUT2D eigenvalue weighted by molar-refractivity contribution is -0.114. The molecule has 1 aromatic carbocycles. The molecule has 0 saturated carbocycles. The van der Waals surface area contributed by atoms with Crippen molar-refractivity contribution in [2.45, 2.75) is 0 Å². The van der Waals surface area contributed by atoms with E-state index in [1.165, 1.54) is 11.8 Å². The molecule has 0 unspecified atom stereocenters. The minimum atomic E-state index is -0.419. The minimum absolute atomic E-state index is 0.101. The normalized spacial score (nSPS) is 19.2. The first-order valence-corrected chi connectivity index (χ1v) is 8.30. The molecule has 2 heterocycles. The summed E-state index contributed by atoms with van der Waals surface area (Å²) in [7, 11) is 1.60. The molecule has 0 aromatic heterocycles. The Hall–Kier alpha value is -2.06. The van der Waals surface area contributed by atoms with Crippen molar-refractivity contribution in [3.05, 3.63) is 35.4 Å². The maximum Gasteiger partial charge on any atom is 0.283 e. The minimum Gasteiger partial charge on any atom is -0.497 e. The number of ether oxygens (including phenoxy) is 1. The van der Waals surface area contributed by atoms with Gasteiger partial charge in [0, 0.05) is 0 Å². The summed E-state index contributed by atoms with van der Waals surface area (Å²) in [6, 6.07) is 7.26. The van der Waals surface area contributed by atoms with Gasteiger partial charge in [0.05, 0.1) is 24.6 Å². The Balaban J connectivity index is 1.96. The Morgan fingerprint density at radius 3 is 2.73 bits per heavy atom. The molecule has 8 heteroatoms. The number of hydrogen-bond donors (Lipinski definition) is 1. The quantitative estimate of drug-likeness (QED) is 0.665. The van der Waals surface area contributed by atoms with Gasteiger partial charge >= 0.3 is 0 Å². The van der Waals surface area contributed by atoms with Gasteiger partial charge in [0.15, 0.2) is 5.17 Å². The summed E-state index contributed by atoms with van der Waals surface area (Å²) in [5.41, 5.74) is 1.06. The number of hydrogen-bond acceptors (Lipinski definition) is 6. The van der Waals surface area contributed by atoms with Crippen molar-refractivity contribution in [3.63, 3.8) is 0 Å². The van der Waals surface area contributed by atoms with Crippen molar-refractivity contribution in [2.24, 2.45) is 9.39 Å². The first kappa shape index (κ1) is 14.9. The Kier molecular flexibility index (Phi) is 4.04. The monoisotopic (exact) mass is 332 g/mol. The second-order valence-electron chi connectivity index (χ2n) is 4.38. The number of thioether (sulfide) groups is 1. The number of nitrogens with zero attached hydrogens (tertiary/aromatic N) is 3. The molecule has 0 aliphatic carbocycles. The zero-order valence-electron chi connectivity index (χ0n) is 11.9. The van der Waals surface area contributed by atoms with Gasteiger partial charge < -0.3 is 4.74 Å². The molecule has 0 fully saturated rings. The summed E-state index contributed by atoms with van der Waals surface area (Å²) < 4.78 is 9.31. The number of rotatable bonds is 2. The lowest BCUT2D eigenvalue weighted by atomic mass is 10.1. The van der Waals surface area contributed by atoms with E-state index < -0.39 is 5.91 Å². The number of amidine groups is 3. The Morgan fingerprint density at radius 2 is 2.09 bits per heavy atom. The van der Waals surface area contributed by atoms with E-state index in [2.05, 4.69) is 9.39 Å². The molecule has 0 bridgehead atoms. The van der Waals surface area contributed by atoms with Gasteiger partial charge in [0.25, 0.3) is 5.91 Å². The summed E-state index contributed by atoms with van der Waals surface area (Å²) >= 11 is 2.53. The first-order chi connectivity index (χ1) is 10.6. The standard InChI is InChI=1S/C14H12N4O2S2/c1-20-9-5-3-8(4-6-9)7-10-11(15)18-13(16-12(10)19)22-17-14(18)21-2/h3-7,15H,1-2H3. The summed E-state index contributed by atoms with van der Waals surface area (Å²) in [6.07, 6.45) is 3.53. The van der Waals surface area contributed by atoms with Crippen molar-refractivity contribution < 1.29 is 9.53 Å². The van der Waals surface area contributed by atoms with Crippen LogP contribution in [-0.4, -0.2) is 40.3 Å². The predicted octanol–water partition coefficient (Wildman–Crippen LogP) is 2.63. The number of methoxy groups -OCH3 is 1. The largest absolute Gasteiger partial charge is 0.497 e. The molecule has 1 amide bonds. The van der Waals surface area contributed by atoms with Crippen LogP contribution in [-0.2, 0) is 4.79 Å². The van der Waals surface area contributed by atoms with Crippen molar-refractivity contribution >= 4 is 51.9 Å². The van der Waals surface area contributed by atoms with Gasteiger partial charge in [-0.25, -0.2) is 4.90 Å². The van der Waals surface area contributed by atoms with Gasteiger partial charge in [0.2, 0.25) is 5.17 Å². The van der Waals surface area contributed by atoms with Crippen LogP contribution in [0.15, 0.2) is 39.2 Å². The second-order valence-corrected chi connectivity index (χ2v) is 5.89. The molecule has 2 aliphatic heterocycles. The number of aliphatic imine (C=N–C) groups is 1. The van der Waals surface area contributed by atoms with E-state index in [1.54, 1.807) is 30.2 Å². The molecule has 1 N–H and O–H groups in total. The van der Waals surface area contributed by atoms with E-state index in [4.69, 9.17) is 10.1 Å². The van der Waals surface area contributed by atoms with Crippen LogP contribution >= 0.6 is 23.7 Å². The van der Waals surface area contributed by atoms with Crippen LogP contribution in [0.25, 0.3) is 6.08 Å². The molecular weight excluding hydrogens is 320 g/mol. The lowest BCUT2D eigenvalue weighted by Gasteiger charge is -2.23. The molecule has 1 aromatic rings. The summed E-state index contributed by atoms with van der Waals surface area (Å²) in [5, 5.41) is 9.38. The average Bonchev–Trinajstić information content (AvgIpc) is 2.95. The van der Waals surface area contributed by atoms with E-state index in [9.17, 15) is 4.79 Å². The predicted molar refractivity (Wildman–Crippen MR) is 91.5 cm³/mol. The maximum absolute atomic E-state index is 12.2. The summed E-state index contributed by atoms with van der Waals surface area (Å²) in [4.78, 5) is 17.7. The molecule has 2 aliphatic rings. The maximum atomic E-state index is 12.2. The molecule has 0 atom stereocenters. The molecular formula is C14H12N4O2S2. The van der Waals surface area contributed by atoms with Crippen LogP contribution in [0.4, 0.5) is 0 Å². The van der Waals surface area contributed by atoms with Gasteiger partial charge in [-0.1, -0.05) is 23.9 Å². The third-order valence-electron chi connectivity index (χ3n) is 3.10. The van der Waals surface area contributed by atoms with Gasteiger partial charge in [0.1, 0.15) is 11.6 Å². The SMILES string of the molecule is COc1ccc(C=C2C(=N)N3C(SC)=NSC3=NC2=O)cc1. The fourth-order valence-electron chi connectivity index (χ4n) is 2.00. The summed E-state index contributed by atoms with van der Waals surface area (Å²) in [5.74, 6) is 0.418. The van der Waals surface area contributed by atoms with Crippen molar-refractivity contribution in [1.29, 1.82) is 5.41 Å². The fraction of sp³-hybridized carbons (Fsp3) is 0.143. The van der Waals surface area contributed by atoms with E-state index in [0.717, 1.165) is 23.3 Å². The Morgan fingerprint density at radius 1 is 1.36 bits per heavy atom. The van der Waals surface area contributed by atoms with Crippen LogP contribution in [0, 0.1) is 5.41 Å². The second kappa shape index (κ2) is 5.98. The molecule has 0 saturated heterocycles. The van der Waals surface area contributed by atoms with Gasteiger partial charge in [-0.3, -0.25) is 10.2 Å². The fourth-order valence-corrected chi connectivity index (χ4v) is 3.45. The van der Waals surface area contributed by atoms with Crippen LogP contribution in [0.5, 0.6) is 5.75 Å². The highest BCUT2D eigenvalue weighted by Crippen LogP contribution is 2.31. The van der Waals surface area contributed by atoms with Crippen LogP contribution in [0.2, 0.25) is 0 Å². The van der Waals surface area contributed by atoms with Crippen LogP contribution < -0.4 is 4.74 Å². The number of carbonyl (C=O) groups is 1. The van der Waals surface area contributed by atoms with Gasteiger partial charge in [-0.05, 0) is 30.0 Å². The van der Waals surface area contributed by atoms with Crippen LogP contribution in [0.3, 0.4) is 0 Å². The van der Waals surface area contributed by atoms with Crippen molar-refractivity contribution in [1.82, 2.24) is 4.90 Å². The van der Waals surface area contributed by atoms with E-state index >= 15 is 0 Å². The third-order valence-corrected chi connectivity index (χ3v) is 4.56. The zero-order valence-corrected chi connectivity index (χ0v) is 13.5. The molecule has 0 radical (unpaired) electrons. The molecule has 0 spiro atoms. The Bertz CT molecular complexity index is 738. The van der Waals surface area contributed by atoms with E-state index in [0.29, 0.717) is 10.3 Å². The number of fused-ring (bicyclic) bond motifs is 1. The topological polar surface area (TPSA) is 78.1 Å². The number of carbonyl (C=O) groups excluding carboxylic acids is 1. The van der Waals surface area contributed by atoms with E-state index in [-0.39, 0.29) is 11.4 Å². The average molecular weight is 332 g/mol. The third kappa shape index (κ3) is 2.55. The first-order valence-electron chi connectivity index (χ1n) is 6.31. The number of amides is 1. The number of nitrogens with one attached hydrogen (secondary N) is 1. The summed E-state index contributed by atoms with van der Waals surface area (Å²) in [6.45, 7) is 0. The number of benzene rings is 1. The van der Waals surface area contributed by atoms with Crippen molar-refractivity contribution in [3.8, 4) is 5.75 Å². The molecule has 6 nitrogen and oxygen atoms in total. The molecule has 22 heavy (non-hydrogen) atoms. The lowest BCUT2D eigenvalue weighted by Crippen LogP contribution is -2.41. The van der Waals surface area contributed by atoms with Gasteiger partial charge in [-0.2, -0.15) is 9.39 Å². The highest BCUT2D eigenvalue weighted by Gasteiger charge is 2.36. The van der Waals surface area contributed by atoms with Crippen LogP contribution in [0.1, 0.15) is 5.56 Å². The molecule has 112 valence electrons.